The Bertz CT molecular complexity index is 650. The highest BCUT2D eigenvalue weighted by atomic mass is 32.2. The number of nitrogens with one attached hydrogen (secondary N) is 1. The van der Waals surface area contributed by atoms with Crippen LogP contribution in [0, 0.1) is 5.92 Å². The van der Waals surface area contributed by atoms with E-state index < -0.39 is 9.84 Å². The molecular formula is C18H28N2O4S. The number of sulfone groups is 1. The number of piperidine rings is 1. The maximum Gasteiger partial charge on any atom is 0.253 e. The van der Waals surface area contributed by atoms with Gasteiger partial charge in [-0.2, -0.15) is 0 Å². The van der Waals surface area contributed by atoms with Crippen molar-refractivity contribution in [3.63, 3.8) is 0 Å². The first-order chi connectivity index (χ1) is 12.0. The van der Waals surface area contributed by atoms with E-state index >= 15 is 0 Å². The van der Waals surface area contributed by atoms with Crippen LogP contribution in [0.2, 0.25) is 0 Å². The Hall–Kier alpha value is -1.44. The van der Waals surface area contributed by atoms with Crippen molar-refractivity contribution in [2.75, 3.05) is 45.6 Å². The number of rotatable bonds is 8. The van der Waals surface area contributed by atoms with E-state index in [2.05, 4.69) is 12.2 Å². The number of hydrogen-bond acceptors (Lipinski definition) is 5. The number of likely N-dealkylation sites (tertiary alicyclic amines) is 1. The Labute approximate surface area is 150 Å². The molecule has 1 amide bonds. The van der Waals surface area contributed by atoms with Crippen LogP contribution in [0.1, 0.15) is 30.1 Å². The van der Waals surface area contributed by atoms with Crippen molar-refractivity contribution in [2.45, 2.75) is 24.7 Å². The zero-order chi connectivity index (χ0) is 18.3. The standard InChI is InChI=1S/C18H28N2O4S/c1-3-19-14-15-8-10-20(11-9-15)18(21)16-4-6-17(7-5-16)25(22,23)13-12-24-2/h4-7,15,19H,3,8-14H2,1-2H3. The average molecular weight is 368 g/mol. The van der Waals surface area contributed by atoms with Crippen LogP contribution in [0.3, 0.4) is 0 Å². The van der Waals surface area contributed by atoms with Crippen molar-refractivity contribution in [2.24, 2.45) is 5.92 Å². The molecule has 1 heterocycles. The van der Waals surface area contributed by atoms with Crippen molar-refractivity contribution >= 4 is 15.7 Å². The molecule has 0 atom stereocenters. The molecule has 2 rings (SSSR count). The second-order valence-corrected chi connectivity index (χ2v) is 8.49. The molecule has 0 saturated carbocycles. The van der Waals surface area contributed by atoms with Gasteiger partial charge in [0.1, 0.15) is 0 Å². The number of benzene rings is 1. The van der Waals surface area contributed by atoms with Gasteiger partial charge in [-0.25, -0.2) is 8.42 Å². The number of carbonyl (C=O) groups excluding carboxylic acids is 1. The number of nitrogens with zero attached hydrogens (tertiary/aromatic N) is 1. The van der Waals surface area contributed by atoms with Crippen LogP contribution in [0.15, 0.2) is 29.2 Å². The summed E-state index contributed by atoms with van der Waals surface area (Å²) in [5.41, 5.74) is 0.538. The summed E-state index contributed by atoms with van der Waals surface area (Å²) in [4.78, 5) is 14.7. The van der Waals surface area contributed by atoms with Gasteiger partial charge in [-0.3, -0.25) is 4.79 Å². The fraction of sp³-hybridized carbons (Fsp3) is 0.611. The van der Waals surface area contributed by atoms with E-state index in [4.69, 9.17) is 4.74 Å². The third-order valence-corrected chi connectivity index (χ3v) is 6.30. The smallest absolute Gasteiger partial charge is 0.253 e. The predicted octanol–water partition coefficient (Wildman–Crippen LogP) is 1.57. The minimum absolute atomic E-state index is 0.0252. The molecule has 1 aliphatic rings. The molecule has 1 fully saturated rings. The molecule has 7 heteroatoms. The van der Waals surface area contributed by atoms with Crippen LogP contribution in [-0.2, 0) is 14.6 Å². The van der Waals surface area contributed by atoms with E-state index in [9.17, 15) is 13.2 Å². The Morgan fingerprint density at radius 2 is 1.88 bits per heavy atom. The molecule has 6 nitrogen and oxygen atoms in total. The fourth-order valence-corrected chi connectivity index (χ4v) is 4.16. The highest BCUT2D eigenvalue weighted by Crippen LogP contribution is 2.19. The third kappa shape index (κ3) is 5.52. The van der Waals surface area contributed by atoms with Crippen molar-refractivity contribution < 1.29 is 17.9 Å². The lowest BCUT2D eigenvalue weighted by Gasteiger charge is -2.32. The summed E-state index contributed by atoms with van der Waals surface area (Å²) in [5, 5.41) is 3.36. The summed E-state index contributed by atoms with van der Waals surface area (Å²) in [6.45, 7) is 5.74. The van der Waals surface area contributed by atoms with Gasteiger partial charge in [0.2, 0.25) is 0 Å². The van der Waals surface area contributed by atoms with E-state index in [0.717, 1.165) is 39.0 Å². The Morgan fingerprint density at radius 1 is 1.24 bits per heavy atom. The van der Waals surface area contributed by atoms with Crippen LogP contribution in [-0.4, -0.2) is 64.9 Å². The second-order valence-electron chi connectivity index (χ2n) is 6.38. The Balaban J connectivity index is 1.95. The SMILES string of the molecule is CCNCC1CCN(C(=O)c2ccc(S(=O)(=O)CCOC)cc2)CC1. The highest BCUT2D eigenvalue weighted by molar-refractivity contribution is 7.91. The molecule has 0 aromatic heterocycles. The van der Waals surface area contributed by atoms with Gasteiger partial charge in [0.05, 0.1) is 17.3 Å². The fourth-order valence-electron chi connectivity index (χ4n) is 2.99. The monoisotopic (exact) mass is 368 g/mol. The Kier molecular flexibility index (Phi) is 7.40. The number of ether oxygens (including phenoxy) is 1. The van der Waals surface area contributed by atoms with Gasteiger partial charge in [0, 0.05) is 25.8 Å². The topological polar surface area (TPSA) is 75.7 Å². The summed E-state index contributed by atoms with van der Waals surface area (Å²) in [7, 11) is -1.89. The van der Waals surface area contributed by atoms with E-state index in [1.165, 1.54) is 19.2 Å². The van der Waals surface area contributed by atoms with Gasteiger partial charge in [-0.05, 0) is 56.1 Å². The second kappa shape index (κ2) is 9.31. The lowest BCUT2D eigenvalue weighted by Crippen LogP contribution is -2.40. The molecule has 1 aromatic rings. The van der Waals surface area contributed by atoms with Crippen LogP contribution in [0.5, 0.6) is 0 Å². The van der Waals surface area contributed by atoms with Crippen molar-refractivity contribution in [1.82, 2.24) is 10.2 Å². The van der Waals surface area contributed by atoms with Gasteiger partial charge in [-0.1, -0.05) is 6.92 Å². The first-order valence-corrected chi connectivity index (χ1v) is 10.4. The van der Waals surface area contributed by atoms with Gasteiger partial charge in [0.15, 0.2) is 9.84 Å². The van der Waals surface area contributed by atoms with Gasteiger partial charge < -0.3 is 15.0 Å². The zero-order valence-corrected chi connectivity index (χ0v) is 15.8. The molecule has 1 N–H and O–H groups in total. The van der Waals surface area contributed by atoms with Gasteiger partial charge in [-0.15, -0.1) is 0 Å². The van der Waals surface area contributed by atoms with Crippen LogP contribution in [0.25, 0.3) is 0 Å². The minimum Gasteiger partial charge on any atom is -0.384 e. The summed E-state index contributed by atoms with van der Waals surface area (Å²) >= 11 is 0. The summed E-state index contributed by atoms with van der Waals surface area (Å²) in [6, 6.07) is 6.23. The molecule has 0 aliphatic carbocycles. The van der Waals surface area contributed by atoms with Crippen LogP contribution < -0.4 is 5.32 Å². The largest absolute Gasteiger partial charge is 0.384 e. The van der Waals surface area contributed by atoms with Crippen molar-refractivity contribution in [3.05, 3.63) is 29.8 Å². The number of hydrogen-bond donors (Lipinski definition) is 1. The molecule has 25 heavy (non-hydrogen) atoms. The Morgan fingerprint density at radius 3 is 2.44 bits per heavy atom. The summed E-state index contributed by atoms with van der Waals surface area (Å²) in [6.07, 6.45) is 2.00. The first kappa shape index (κ1) is 19.9. The lowest BCUT2D eigenvalue weighted by atomic mass is 9.96. The van der Waals surface area contributed by atoms with Crippen LogP contribution in [0.4, 0.5) is 0 Å². The number of carbonyl (C=O) groups is 1. The normalized spacial score (nSPS) is 16.2. The van der Waals surface area contributed by atoms with E-state index in [-0.39, 0.29) is 23.2 Å². The number of amides is 1. The van der Waals surface area contributed by atoms with E-state index in [1.54, 1.807) is 12.1 Å². The molecule has 1 aromatic carbocycles. The molecule has 140 valence electrons. The first-order valence-electron chi connectivity index (χ1n) is 8.79. The highest BCUT2D eigenvalue weighted by Gasteiger charge is 2.23. The molecule has 0 bridgehead atoms. The quantitative estimate of drug-likeness (QED) is 0.754. The molecule has 0 spiro atoms. The molecule has 0 radical (unpaired) electrons. The number of methoxy groups -OCH3 is 1. The van der Waals surface area contributed by atoms with Gasteiger partial charge in [0.25, 0.3) is 5.91 Å². The summed E-state index contributed by atoms with van der Waals surface area (Å²) in [5.74, 6) is 0.538. The maximum absolute atomic E-state index is 12.6. The van der Waals surface area contributed by atoms with E-state index in [0.29, 0.717) is 11.5 Å². The maximum atomic E-state index is 12.6. The predicted molar refractivity (Wildman–Crippen MR) is 97.5 cm³/mol. The third-order valence-electron chi connectivity index (χ3n) is 4.60. The molecule has 0 unspecified atom stereocenters. The summed E-state index contributed by atoms with van der Waals surface area (Å²) < 4.78 is 29.1. The average Bonchev–Trinajstić information content (AvgIpc) is 2.64. The zero-order valence-electron chi connectivity index (χ0n) is 15.0. The molecule has 1 aliphatic heterocycles. The van der Waals surface area contributed by atoms with E-state index in [1.807, 2.05) is 4.90 Å². The molecular weight excluding hydrogens is 340 g/mol. The van der Waals surface area contributed by atoms with Crippen molar-refractivity contribution in [3.8, 4) is 0 Å². The lowest BCUT2D eigenvalue weighted by molar-refractivity contribution is 0.0690. The van der Waals surface area contributed by atoms with Gasteiger partial charge >= 0.3 is 0 Å². The molecule has 1 saturated heterocycles. The van der Waals surface area contributed by atoms with Crippen molar-refractivity contribution in [1.29, 1.82) is 0 Å². The van der Waals surface area contributed by atoms with Crippen LogP contribution >= 0.6 is 0 Å². The minimum atomic E-state index is -3.36.